The van der Waals surface area contributed by atoms with Crippen LogP contribution in [0.1, 0.15) is 11.1 Å². The summed E-state index contributed by atoms with van der Waals surface area (Å²) in [5.74, 6) is -1.22. The molecule has 1 heterocycles. The van der Waals surface area contributed by atoms with E-state index in [0.717, 1.165) is 25.9 Å². The zero-order valence-corrected chi connectivity index (χ0v) is 14.8. The summed E-state index contributed by atoms with van der Waals surface area (Å²) >= 11 is 0. The zero-order valence-electron chi connectivity index (χ0n) is 14.8. The van der Waals surface area contributed by atoms with Crippen molar-refractivity contribution >= 4 is 11.9 Å². The zero-order chi connectivity index (χ0) is 19.0. The molecular formula is C20H26N2O4. The molecule has 6 nitrogen and oxygen atoms in total. The van der Waals surface area contributed by atoms with Crippen molar-refractivity contribution in [1.82, 2.24) is 0 Å². The van der Waals surface area contributed by atoms with E-state index in [-0.39, 0.29) is 13.2 Å². The molecule has 2 aromatic rings. The Morgan fingerprint density at radius 1 is 0.692 bits per heavy atom. The molecular weight excluding hydrogens is 332 g/mol. The molecule has 1 aliphatic heterocycles. The van der Waals surface area contributed by atoms with Crippen molar-refractivity contribution in [3.05, 3.63) is 71.8 Å². The predicted molar refractivity (Wildman–Crippen MR) is 100 cm³/mol. The van der Waals surface area contributed by atoms with E-state index in [1.54, 1.807) is 0 Å². The summed E-state index contributed by atoms with van der Waals surface area (Å²) in [6.45, 7) is 1.27. The van der Waals surface area contributed by atoms with Crippen molar-refractivity contribution < 1.29 is 19.1 Å². The Hall–Kier alpha value is -2.54. The number of benzene rings is 2. The van der Waals surface area contributed by atoms with Gasteiger partial charge in [0.05, 0.1) is 0 Å². The quantitative estimate of drug-likeness (QED) is 0.633. The lowest BCUT2D eigenvalue weighted by molar-refractivity contribution is -0.174. The summed E-state index contributed by atoms with van der Waals surface area (Å²) in [5, 5.41) is 0. The number of hydrogen-bond acceptors (Lipinski definition) is 6. The number of ether oxygens (including phenoxy) is 2. The minimum Gasteiger partial charge on any atom is -0.390 e. The fourth-order valence-corrected chi connectivity index (χ4v) is 2.03. The Labute approximate surface area is 154 Å². The minimum atomic E-state index is -0.610. The van der Waals surface area contributed by atoms with E-state index in [2.05, 4.69) is 33.7 Å². The number of esters is 2. The van der Waals surface area contributed by atoms with Gasteiger partial charge in [-0.15, -0.1) is 0 Å². The van der Waals surface area contributed by atoms with Gasteiger partial charge in [-0.05, 0) is 37.1 Å². The van der Waals surface area contributed by atoms with Crippen LogP contribution in [0.25, 0.3) is 0 Å². The molecule has 140 valence electrons. The van der Waals surface area contributed by atoms with E-state index in [4.69, 9.17) is 11.5 Å². The maximum Gasteiger partial charge on any atom is 0.339 e. The van der Waals surface area contributed by atoms with Gasteiger partial charge in [-0.3, -0.25) is 0 Å². The van der Waals surface area contributed by atoms with E-state index in [0.29, 0.717) is 0 Å². The monoisotopic (exact) mass is 358 g/mol. The molecule has 0 spiro atoms. The van der Waals surface area contributed by atoms with E-state index in [1.165, 1.54) is 11.1 Å². The predicted octanol–water partition coefficient (Wildman–Crippen LogP) is 1.46. The topological polar surface area (TPSA) is 105 Å². The Bertz CT molecular complexity index is 577. The molecule has 26 heavy (non-hydrogen) atoms. The average Bonchev–Trinajstić information content (AvgIpc) is 2.65. The second kappa shape index (κ2) is 13.7. The molecule has 0 unspecified atom stereocenters. The molecule has 0 bridgehead atoms. The van der Waals surface area contributed by atoms with E-state index in [9.17, 15) is 9.59 Å². The summed E-state index contributed by atoms with van der Waals surface area (Å²) in [5.41, 5.74) is 13.4. The first-order chi connectivity index (χ1) is 12.7. The maximum absolute atomic E-state index is 10.1. The van der Waals surface area contributed by atoms with Crippen LogP contribution < -0.4 is 11.5 Å². The third kappa shape index (κ3) is 10.4. The van der Waals surface area contributed by atoms with E-state index < -0.39 is 11.9 Å². The Balaban J connectivity index is 0.000000195. The Morgan fingerprint density at radius 2 is 1.08 bits per heavy atom. The van der Waals surface area contributed by atoms with Gasteiger partial charge in [0.15, 0.2) is 0 Å². The van der Waals surface area contributed by atoms with Crippen LogP contribution in [0, 0.1) is 0 Å². The van der Waals surface area contributed by atoms with Gasteiger partial charge in [-0.25, -0.2) is 9.59 Å². The van der Waals surface area contributed by atoms with Gasteiger partial charge in [-0.1, -0.05) is 60.7 Å². The van der Waals surface area contributed by atoms with Gasteiger partial charge in [0.25, 0.3) is 0 Å². The molecule has 1 saturated heterocycles. The normalized spacial score (nSPS) is 12.8. The molecule has 2 aromatic carbocycles. The summed E-state index contributed by atoms with van der Waals surface area (Å²) in [7, 11) is 0. The molecule has 0 aromatic heterocycles. The summed E-state index contributed by atoms with van der Waals surface area (Å²) in [4.78, 5) is 20.2. The fraction of sp³-hybridized carbons (Fsp3) is 0.300. The number of carbonyl (C=O) groups is 2. The number of cyclic esters (lactones) is 2. The number of nitrogens with two attached hydrogens (primary N) is 2. The average molecular weight is 358 g/mol. The minimum absolute atomic E-state index is 0.105. The molecule has 0 aliphatic carbocycles. The Kier molecular flexibility index (Phi) is 11.3. The molecule has 0 atom stereocenters. The van der Waals surface area contributed by atoms with Crippen LogP contribution in [0.3, 0.4) is 0 Å². The smallest absolute Gasteiger partial charge is 0.339 e. The molecule has 1 aliphatic rings. The molecule has 0 radical (unpaired) electrons. The van der Waals surface area contributed by atoms with Crippen molar-refractivity contribution in [3.63, 3.8) is 0 Å². The number of hydrogen-bond donors (Lipinski definition) is 2. The highest BCUT2D eigenvalue weighted by molar-refractivity contribution is 5.88. The second-order valence-electron chi connectivity index (χ2n) is 5.39. The van der Waals surface area contributed by atoms with Crippen LogP contribution in [0.15, 0.2) is 60.7 Å². The third-order valence-electron chi connectivity index (χ3n) is 3.22. The van der Waals surface area contributed by atoms with Crippen molar-refractivity contribution in [2.45, 2.75) is 12.8 Å². The fourth-order valence-electron chi connectivity index (χ4n) is 2.03. The number of rotatable bonds is 4. The first kappa shape index (κ1) is 21.5. The van der Waals surface area contributed by atoms with Gasteiger partial charge in [0.2, 0.25) is 0 Å². The largest absolute Gasteiger partial charge is 0.390 e. The lowest BCUT2D eigenvalue weighted by atomic mass is 10.2. The first-order valence-electron chi connectivity index (χ1n) is 8.45. The van der Waals surface area contributed by atoms with Crippen LogP contribution in [-0.2, 0) is 31.9 Å². The highest BCUT2D eigenvalue weighted by atomic mass is 16.6. The van der Waals surface area contributed by atoms with Gasteiger partial charge in [-0.2, -0.15) is 0 Å². The standard InChI is InChI=1S/2C8H11N.C4H4O4/c2*9-7-6-8-4-2-1-3-5-8;5-3-1-7-2-4(6)8-3/h2*1-5H,6-7,9H2;1-2H2. The second-order valence-corrected chi connectivity index (χ2v) is 5.39. The lowest BCUT2D eigenvalue weighted by Crippen LogP contribution is -2.28. The molecule has 4 N–H and O–H groups in total. The van der Waals surface area contributed by atoms with E-state index >= 15 is 0 Å². The Morgan fingerprint density at radius 3 is 1.35 bits per heavy atom. The van der Waals surface area contributed by atoms with Gasteiger partial charge in [0.1, 0.15) is 13.2 Å². The SMILES string of the molecule is NCCc1ccccc1.NCCc1ccccc1.O=C1COCC(=O)O1. The molecule has 1 fully saturated rings. The van der Waals surface area contributed by atoms with Crippen molar-refractivity contribution in [1.29, 1.82) is 0 Å². The van der Waals surface area contributed by atoms with Crippen LogP contribution in [0.4, 0.5) is 0 Å². The lowest BCUT2D eigenvalue weighted by Gasteiger charge is -2.07. The summed E-state index contributed by atoms with van der Waals surface area (Å²) in [6.07, 6.45) is 1.97. The third-order valence-corrected chi connectivity index (χ3v) is 3.22. The molecule has 0 saturated carbocycles. The molecule has 3 rings (SSSR count). The highest BCUT2D eigenvalue weighted by Gasteiger charge is 2.16. The van der Waals surface area contributed by atoms with Gasteiger partial charge in [0, 0.05) is 0 Å². The molecule has 6 heteroatoms. The van der Waals surface area contributed by atoms with Crippen LogP contribution in [0.5, 0.6) is 0 Å². The van der Waals surface area contributed by atoms with Gasteiger partial charge < -0.3 is 20.9 Å². The van der Waals surface area contributed by atoms with Crippen molar-refractivity contribution in [3.8, 4) is 0 Å². The maximum atomic E-state index is 10.1. The highest BCUT2D eigenvalue weighted by Crippen LogP contribution is 1.97. The van der Waals surface area contributed by atoms with Crippen molar-refractivity contribution in [2.75, 3.05) is 26.3 Å². The molecule has 0 amide bonds. The van der Waals surface area contributed by atoms with Crippen molar-refractivity contribution in [2.24, 2.45) is 11.5 Å². The van der Waals surface area contributed by atoms with Crippen LogP contribution in [-0.4, -0.2) is 38.2 Å². The van der Waals surface area contributed by atoms with E-state index in [1.807, 2.05) is 36.4 Å². The van der Waals surface area contributed by atoms with Gasteiger partial charge >= 0.3 is 11.9 Å². The number of carbonyl (C=O) groups excluding carboxylic acids is 2. The van der Waals surface area contributed by atoms with Crippen LogP contribution in [0.2, 0.25) is 0 Å². The summed E-state index contributed by atoms with van der Waals surface area (Å²) < 4.78 is 8.55. The summed E-state index contributed by atoms with van der Waals surface area (Å²) in [6, 6.07) is 20.5. The van der Waals surface area contributed by atoms with Crippen LogP contribution >= 0.6 is 0 Å². The first-order valence-corrected chi connectivity index (χ1v) is 8.45.